The van der Waals surface area contributed by atoms with Crippen LogP contribution < -0.4 is 4.72 Å². The van der Waals surface area contributed by atoms with Crippen molar-refractivity contribution in [2.45, 2.75) is 65.1 Å². The highest BCUT2D eigenvalue weighted by Gasteiger charge is 2.37. The molecule has 1 N–H and O–H groups in total. The molecule has 0 bridgehead atoms. The van der Waals surface area contributed by atoms with E-state index in [0.29, 0.717) is 25.8 Å². The Bertz CT molecular complexity index is 807. The molecule has 156 valence electrons. The minimum Gasteiger partial charge on any atom is -0.447 e. The predicted molar refractivity (Wildman–Crippen MR) is 110 cm³/mol. The molecule has 0 saturated carbocycles. The van der Waals surface area contributed by atoms with E-state index in [-0.39, 0.29) is 23.9 Å². The molecule has 1 saturated heterocycles. The van der Waals surface area contributed by atoms with Crippen LogP contribution in [0.15, 0.2) is 24.8 Å². The number of carbonyl (C=O) groups excluding carboxylic acids is 1. The Labute approximate surface area is 168 Å². The summed E-state index contributed by atoms with van der Waals surface area (Å²) in [5.74, 6) is -0.00391. The van der Waals surface area contributed by atoms with E-state index in [0.717, 1.165) is 17.0 Å². The van der Waals surface area contributed by atoms with Crippen LogP contribution in [0.1, 0.15) is 51.9 Å². The summed E-state index contributed by atoms with van der Waals surface area (Å²) in [6, 6.07) is 4.92. The smallest absolute Gasteiger partial charge is 0.410 e. The van der Waals surface area contributed by atoms with Gasteiger partial charge in [-0.2, -0.15) is 0 Å². The van der Waals surface area contributed by atoms with Crippen molar-refractivity contribution in [1.82, 2.24) is 14.6 Å². The van der Waals surface area contributed by atoms with Crippen molar-refractivity contribution in [1.29, 1.82) is 0 Å². The number of hydrogen-bond acceptors (Lipinski definition) is 5. The highest BCUT2D eigenvalue weighted by Crippen LogP contribution is 2.23. The highest BCUT2D eigenvalue weighted by molar-refractivity contribution is 7.89. The number of nitrogens with one attached hydrogen (secondary N) is 1. The second kappa shape index (κ2) is 9.52. The second-order valence-corrected chi connectivity index (χ2v) is 9.50. The van der Waals surface area contributed by atoms with Crippen molar-refractivity contribution in [3.8, 4) is 0 Å². The van der Waals surface area contributed by atoms with Gasteiger partial charge in [0, 0.05) is 24.7 Å². The number of hydrogen-bond donors (Lipinski definition) is 1. The maximum atomic E-state index is 12.7. The maximum absolute atomic E-state index is 12.7. The van der Waals surface area contributed by atoms with Crippen molar-refractivity contribution in [3.63, 3.8) is 0 Å². The summed E-state index contributed by atoms with van der Waals surface area (Å²) in [5, 5.41) is 0. The van der Waals surface area contributed by atoms with Crippen LogP contribution in [0.4, 0.5) is 4.79 Å². The fraction of sp³-hybridized carbons (Fsp3) is 0.600. The van der Waals surface area contributed by atoms with E-state index < -0.39 is 16.1 Å². The number of allylic oxidation sites excluding steroid dienone is 1. The zero-order chi connectivity index (χ0) is 20.9. The van der Waals surface area contributed by atoms with Crippen LogP contribution in [0.3, 0.4) is 0 Å². The fourth-order valence-electron chi connectivity index (χ4n) is 3.30. The standard InChI is InChI=1S/C20H31N3O4S/c1-6-28(25,26)22-18-11-8-12-23(20(24)27-15(4)5)19(18)13-16-9-7-10-17(21-16)14(2)3/h7,9-10,15,18-19,22H,2,6,8,11-13H2,1,3-5H3/t18-,19-/m0/s1. The van der Waals surface area contributed by atoms with Gasteiger partial charge in [-0.15, -0.1) is 0 Å². The molecule has 8 heteroatoms. The van der Waals surface area contributed by atoms with E-state index in [1.54, 1.807) is 25.7 Å². The average molecular weight is 410 g/mol. The third-order valence-electron chi connectivity index (χ3n) is 4.72. The van der Waals surface area contributed by atoms with E-state index in [4.69, 9.17) is 4.74 Å². The zero-order valence-electron chi connectivity index (χ0n) is 17.1. The fourth-order valence-corrected chi connectivity index (χ4v) is 4.20. The van der Waals surface area contributed by atoms with Gasteiger partial charge in [0.25, 0.3) is 0 Å². The monoisotopic (exact) mass is 409 g/mol. The molecule has 28 heavy (non-hydrogen) atoms. The van der Waals surface area contributed by atoms with E-state index in [9.17, 15) is 13.2 Å². The number of rotatable bonds is 7. The second-order valence-electron chi connectivity index (χ2n) is 7.46. The molecule has 1 aliphatic heterocycles. The lowest BCUT2D eigenvalue weighted by molar-refractivity contribution is 0.0459. The lowest BCUT2D eigenvalue weighted by Gasteiger charge is -2.41. The van der Waals surface area contributed by atoms with Crippen molar-refractivity contribution in [2.75, 3.05) is 12.3 Å². The molecule has 0 aliphatic carbocycles. The lowest BCUT2D eigenvalue weighted by Crippen LogP contribution is -2.58. The van der Waals surface area contributed by atoms with Crippen molar-refractivity contribution in [3.05, 3.63) is 36.2 Å². The molecule has 0 spiro atoms. The molecular weight excluding hydrogens is 378 g/mol. The van der Waals surface area contributed by atoms with Gasteiger partial charge in [0.1, 0.15) is 0 Å². The van der Waals surface area contributed by atoms with Crippen LogP contribution >= 0.6 is 0 Å². The van der Waals surface area contributed by atoms with Gasteiger partial charge in [-0.1, -0.05) is 12.6 Å². The van der Waals surface area contributed by atoms with Crippen LogP contribution in [0.2, 0.25) is 0 Å². The number of pyridine rings is 1. The van der Waals surface area contributed by atoms with Crippen LogP contribution in [-0.2, 0) is 21.2 Å². The van der Waals surface area contributed by atoms with Gasteiger partial charge in [-0.3, -0.25) is 4.98 Å². The van der Waals surface area contributed by atoms with E-state index in [2.05, 4.69) is 16.3 Å². The average Bonchev–Trinajstić information content (AvgIpc) is 2.62. The molecule has 1 aliphatic rings. The summed E-state index contributed by atoms with van der Waals surface area (Å²) in [4.78, 5) is 18.9. The van der Waals surface area contributed by atoms with Crippen LogP contribution in [0.25, 0.3) is 5.57 Å². The molecule has 0 radical (unpaired) electrons. The molecule has 1 fully saturated rings. The Morgan fingerprint density at radius 1 is 1.43 bits per heavy atom. The molecule has 0 unspecified atom stereocenters. The summed E-state index contributed by atoms with van der Waals surface area (Å²) in [7, 11) is -3.40. The van der Waals surface area contributed by atoms with Gasteiger partial charge in [0.05, 0.1) is 23.6 Å². The number of nitrogens with zero attached hydrogens (tertiary/aromatic N) is 2. The zero-order valence-corrected chi connectivity index (χ0v) is 18.0. The van der Waals surface area contributed by atoms with E-state index in [1.807, 2.05) is 25.1 Å². The Balaban J connectivity index is 2.33. The van der Waals surface area contributed by atoms with Crippen molar-refractivity contribution >= 4 is 21.7 Å². The number of amides is 1. The largest absolute Gasteiger partial charge is 0.447 e. The Morgan fingerprint density at radius 2 is 2.14 bits per heavy atom. The first-order valence-corrected chi connectivity index (χ1v) is 11.4. The maximum Gasteiger partial charge on any atom is 0.410 e. The molecule has 0 aromatic carbocycles. The van der Waals surface area contributed by atoms with Gasteiger partial charge in [0.2, 0.25) is 10.0 Å². The first-order valence-electron chi connectivity index (χ1n) is 9.72. The summed E-state index contributed by atoms with van der Waals surface area (Å²) >= 11 is 0. The van der Waals surface area contributed by atoms with Crippen molar-refractivity contribution < 1.29 is 17.9 Å². The van der Waals surface area contributed by atoms with Crippen molar-refractivity contribution in [2.24, 2.45) is 0 Å². The quantitative estimate of drug-likeness (QED) is 0.748. The molecule has 7 nitrogen and oxygen atoms in total. The number of aromatic nitrogens is 1. The third-order valence-corrected chi connectivity index (χ3v) is 6.15. The minimum atomic E-state index is -3.40. The minimum absolute atomic E-state index is 0.00391. The predicted octanol–water partition coefficient (Wildman–Crippen LogP) is 2.97. The van der Waals surface area contributed by atoms with Gasteiger partial charge in [-0.05, 0) is 58.2 Å². The summed E-state index contributed by atoms with van der Waals surface area (Å²) < 4.78 is 32.5. The van der Waals surface area contributed by atoms with Gasteiger partial charge < -0.3 is 9.64 Å². The molecule has 2 atom stereocenters. The summed E-state index contributed by atoms with van der Waals surface area (Å²) in [5.41, 5.74) is 2.43. The first-order chi connectivity index (χ1) is 13.1. The normalized spacial score (nSPS) is 20.2. The molecular formula is C20H31N3O4S. The number of piperidine rings is 1. The van der Waals surface area contributed by atoms with Gasteiger partial charge >= 0.3 is 6.09 Å². The summed E-state index contributed by atoms with van der Waals surface area (Å²) in [6.45, 7) is 11.5. The Hall–Kier alpha value is -1.93. The highest BCUT2D eigenvalue weighted by atomic mass is 32.2. The molecule has 2 rings (SSSR count). The lowest BCUT2D eigenvalue weighted by atomic mass is 9.93. The number of sulfonamides is 1. The number of likely N-dealkylation sites (tertiary alicyclic amines) is 1. The molecule has 2 heterocycles. The summed E-state index contributed by atoms with van der Waals surface area (Å²) in [6.07, 6.45) is 1.14. The SMILES string of the molecule is C=C(C)c1cccc(C[C@H]2[C@@H](NS(=O)(=O)CC)CCCN2C(=O)OC(C)C)n1. The molecule has 1 aromatic rings. The van der Waals surface area contributed by atoms with Crippen LogP contribution in [-0.4, -0.2) is 54.9 Å². The molecule has 1 amide bonds. The topological polar surface area (TPSA) is 88.6 Å². The van der Waals surface area contributed by atoms with Crippen LogP contribution in [0, 0.1) is 0 Å². The van der Waals surface area contributed by atoms with E-state index in [1.165, 1.54) is 0 Å². The first kappa shape index (κ1) is 22.4. The van der Waals surface area contributed by atoms with Gasteiger partial charge in [0.15, 0.2) is 0 Å². The van der Waals surface area contributed by atoms with Gasteiger partial charge in [-0.25, -0.2) is 17.9 Å². The Kier molecular flexibility index (Phi) is 7.60. The Morgan fingerprint density at radius 3 is 2.75 bits per heavy atom. The van der Waals surface area contributed by atoms with E-state index >= 15 is 0 Å². The number of carbonyl (C=O) groups is 1. The third kappa shape index (κ3) is 6.04. The van der Waals surface area contributed by atoms with Crippen LogP contribution in [0.5, 0.6) is 0 Å². The molecule has 1 aromatic heterocycles. The number of ether oxygens (including phenoxy) is 1.